The number of nitrogens with one attached hydrogen (secondary N) is 1. The SMILES string of the molecule is Cc1csc(NC(=O)[C@@H]2CC(=O)N(Cc3ccco3)C2)n1. The Morgan fingerprint density at radius 1 is 1.62 bits per heavy atom. The number of carbonyl (C=O) groups is 2. The molecule has 2 amide bonds. The molecule has 1 aliphatic heterocycles. The summed E-state index contributed by atoms with van der Waals surface area (Å²) in [5.74, 6) is 0.207. The van der Waals surface area contributed by atoms with Gasteiger partial charge in [0.1, 0.15) is 5.76 Å². The van der Waals surface area contributed by atoms with E-state index < -0.39 is 0 Å². The molecule has 21 heavy (non-hydrogen) atoms. The Morgan fingerprint density at radius 3 is 3.14 bits per heavy atom. The van der Waals surface area contributed by atoms with Crippen LogP contribution < -0.4 is 5.32 Å². The summed E-state index contributed by atoms with van der Waals surface area (Å²) >= 11 is 1.39. The fourth-order valence-electron chi connectivity index (χ4n) is 2.31. The lowest BCUT2D eigenvalue weighted by Crippen LogP contribution is -2.27. The number of rotatable bonds is 4. The van der Waals surface area contributed by atoms with Crippen molar-refractivity contribution in [3.8, 4) is 0 Å². The van der Waals surface area contributed by atoms with Gasteiger partial charge >= 0.3 is 0 Å². The van der Waals surface area contributed by atoms with E-state index in [0.717, 1.165) is 11.5 Å². The molecule has 0 bridgehead atoms. The van der Waals surface area contributed by atoms with Crippen molar-refractivity contribution in [1.29, 1.82) is 0 Å². The predicted octanol–water partition coefficient (Wildman–Crippen LogP) is 2.03. The zero-order valence-electron chi connectivity index (χ0n) is 11.5. The monoisotopic (exact) mass is 305 g/mol. The second-order valence-electron chi connectivity index (χ2n) is 5.04. The molecule has 1 aliphatic rings. The predicted molar refractivity (Wildman–Crippen MR) is 77.7 cm³/mol. The number of nitrogens with zero attached hydrogens (tertiary/aromatic N) is 2. The first-order valence-corrected chi connectivity index (χ1v) is 7.53. The minimum absolute atomic E-state index is 0.0260. The van der Waals surface area contributed by atoms with Gasteiger partial charge in [0.15, 0.2) is 5.13 Å². The maximum absolute atomic E-state index is 12.2. The van der Waals surface area contributed by atoms with Gasteiger partial charge < -0.3 is 14.6 Å². The Morgan fingerprint density at radius 2 is 2.48 bits per heavy atom. The van der Waals surface area contributed by atoms with Gasteiger partial charge in [-0.3, -0.25) is 9.59 Å². The maximum Gasteiger partial charge on any atom is 0.231 e. The summed E-state index contributed by atoms with van der Waals surface area (Å²) in [6.45, 7) is 2.69. The first-order valence-electron chi connectivity index (χ1n) is 6.65. The van der Waals surface area contributed by atoms with E-state index in [1.807, 2.05) is 18.4 Å². The number of likely N-dealkylation sites (tertiary alicyclic amines) is 1. The van der Waals surface area contributed by atoms with Crippen molar-refractivity contribution in [1.82, 2.24) is 9.88 Å². The molecule has 1 saturated heterocycles. The van der Waals surface area contributed by atoms with E-state index in [1.54, 1.807) is 17.2 Å². The first kappa shape index (κ1) is 13.8. The fraction of sp³-hybridized carbons (Fsp3) is 0.357. The molecule has 2 aromatic heterocycles. The topological polar surface area (TPSA) is 75.4 Å². The average Bonchev–Trinajstić information content (AvgIpc) is 3.15. The van der Waals surface area contributed by atoms with Gasteiger partial charge in [0.05, 0.1) is 24.4 Å². The Kier molecular flexibility index (Phi) is 3.74. The van der Waals surface area contributed by atoms with E-state index >= 15 is 0 Å². The molecule has 3 rings (SSSR count). The smallest absolute Gasteiger partial charge is 0.231 e. The van der Waals surface area contributed by atoms with Crippen LogP contribution in [0.1, 0.15) is 17.9 Å². The molecular formula is C14H15N3O3S. The van der Waals surface area contributed by atoms with Crippen LogP contribution in [-0.4, -0.2) is 28.2 Å². The highest BCUT2D eigenvalue weighted by Gasteiger charge is 2.34. The number of carbonyl (C=O) groups excluding carboxylic acids is 2. The third kappa shape index (κ3) is 3.13. The van der Waals surface area contributed by atoms with E-state index in [2.05, 4.69) is 10.3 Å². The average molecular weight is 305 g/mol. The molecule has 1 N–H and O–H groups in total. The van der Waals surface area contributed by atoms with Gasteiger partial charge in [-0.1, -0.05) is 0 Å². The molecule has 2 aromatic rings. The Labute approximate surface area is 125 Å². The molecule has 1 atom stereocenters. The summed E-state index contributed by atoms with van der Waals surface area (Å²) in [7, 11) is 0. The van der Waals surface area contributed by atoms with Crippen LogP contribution in [0.3, 0.4) is 0 Å². The Bertz CT molecular complexity index is 650. The molecule has 0 unspecified atom stereocenters. The second-order valence-corrected chi connectivity index (χ2v) is 5.90. The number of thiazole rings is 1. The van der Waals surface area contributed by atoms with E-state index in [4.69, 9.17) is 4.42 Å². The standard InChI is InChI=1S/C14H15N3O3S/c1-9-8-21-14(15-9)16-13(19)10-5-12(18)17(6-10)7-11-3-2-4-20-11/h2-4,8,10H,5-7H2,1H3,(H,15,16,19)/t10-/m1/s1. The van der Waals surface area contributed by atoms with Crippen molar-refractivity contribution in [3.63, 3.8) is 0 Å². The van der Waals surface area contributed by atoms with Crippen LogP contribution in [0, 0.1) is 12.8 Å². The molecule has 0 aliphatic carbocycles. The lowest BCUT2D eigenvalue weighted by molar-refractivity contribution is -0.128. The van der Waals surface area contributed by atoms with Gasteiger partial charge in [0, 0.05) is 18.3 Å². The number of hydrogen-bond acceptors (Lipinski definition) is 5. The number of aryl methyl sites for hydroxylation is 1. The van der Waals surface area contributed by atoms with E-state index in [9.17, 15) is 9.59 Å². The molecule has 0 saturated carbocycles. The highest BCUT2D eigenvalue weighted by molar-refractivity contribution is 7.13. The Hall–Kier alpha value is -2.15. The van der Waals surface area contributed by atoms with E-state index in [-0.39, 0.29) is 24.2 Å². The lowest BCUT2D eigenvalue weighted by Gasteiger charge is -2.14. The molecule has 3 heterocycles. The zero-order valence-corrected chi connectivity index (χ0v) is 12.4. The van der Waals surface area contributed by atoms with Gasteiger partial charge in [-0.15, -0.1) is 11.3 Å². The van der Waals surface area contributed by atoms with Crippen LogP contribution in [0.5, 0.6) is 0 Å². The summed E-state index contributed by atoms with van der Waals surface area (Å²) in [5.41, 5.74) is 0.872. The van der Waals surface area contributed by atoms with E-state index in [0.29, 0.717) is 18.2 Å². The van der Waals surface area contributed by atoms with Crippen molar-refractivity contribution >= 4 is 28.3 Å². The minimum atomic E-state index is -0.336. The number of furan rings is 1. The van der Waals surface area contributed by atoms with E-state index in [1.165, 1.54) is 11.3 Å². The van der Waals surface area contributed by atoms with Gasteiger partial charge in [-0.25, -0.2) is 4.98 Å². The summed E-state index contributed by atoms with van der Waals surface area (Å²) in [6, 6.07) is 3.60. The van der Waals surface area contributed by atoms with Gasteiger partial charge in [0.25, 0.3) is 0 Å². The van der Waals surface area contributed by atoms with Crippen LogP contribution in [0.15, 0.2) is 28.2 Å². The lowest BCUT2D eigenvalue weighted by atomic mass is 10.1. The normalized spacial score (nSPS) is 18.2. The summed E-state index contributed by atoms with van der Waals surface area (Å²) < 4.78 is 5.24. The van der Waals surface area contributed by atoms with Crippen molar-refractivity contribution in [2.24, 2.45) is 5.92 Å². The third-order valence-electron chi connectivity index (χ3n) is 3.36. The van der Waals surface area contributed by atoms with Crippen molar-refractivity contribution in [3.05, 3.63) is 35.2 Å². The number of amides is 2. The maximum atomic E-state index is 12.2. The largest absolute Gasteiger partial charge is 0.467 e. The fourth-order valence-corrected chi connectivity index (χ4v) is 3.00. The highest BCUT2D eigenvalue weighted by Crippen LogP contribution is 2.23. The highest BCUT2D eigenvalue weighted by atomic mass is 32.1. The summed E-state index contributed by atoms with van der Waals surface area (Å²) in [6.07, 6.45) is 1.81. The zero-order chi connectivity index (χ0) is 14.8. The Balaban J connectivity index is 1.59. The van der Waals surface area contributed by atoms with Crippen molar-refractivity contribution < 1.29 is 14.0 Å². The van der Waals surface area contributed by atoms with Gasteiger partial charge in [0.2, 0.25) is 11.8 Å². The molecule has 0 aromatic carbocycles. The molecule has 6 nitrogen and oxygen atoms in total. The quantitative estimate of drug-likeness (QED) is 0.938. The second kappa shape index (κ2) is 5.69. The number of aromatic nitrogens is 1. The molecular weight excluding hydrogens is 290 g/mol. The van der Waals surface area contributed by atoms with Crippen LogP contribution >= 0.6 is 11.3 Å². The van der Waals surface area contributed by atoms with Crippen LogP contribution in [0.4, 0.5) is 5.13 Å². The molecule has 1 fully saturated rings. The molecule has 110 valence electrons. The van der Waals surface area contributed by atoms with Crippen molar-refractivity contribution in [2.45, 2.75) is 19.9 Å². The third-order valence-corrected chi connectivity index (χ3v) is 4.24. The number of anilines is 1. The van der Waals surface area contributed by atoms with Crippen LogP contribution in [-0.2, 0) is 16.1 Å². The van der Waals surface area contributed by atoms with Gasteiger partial charge in [-0.05, 0) is 19.1 Å². The van der Waals surface area contributed by atoms with Crippen molar-refractivity contribution in [2.75, 3.05) is 11.9 Å². The molecule has 0 radical (unpaired) electrons. The molecule has 7 heteroatoms. The van der Waals surface area contributed by atoms with Crippen LogP contribution in [0.2, 0.25) is 0 Å². The minimum Gasteiger partial charge on any atom is -0.467 e. The summed E-state index contributed by atoms with van der Waals surface area (Å²) in [4.78, 5) is 30.0. The van der Waals surface area contributed by atoms with Crippen LogP contribution in [0.25, 0.3) is 0 Å². The van der Waals surface area contributed by atoms with Gasteiger partial charge in [-0.2, -0.15) is 0 Å². The summed E-state index contributed by atoms with van der Waals surface area (Å²) in [5, 5.41) is 5.22. The number of hydrogen-bond donors (Lipinski definition) is 1. The molecule has 0 spiro atoms. The first-order chi connectivity index (χ1) is 10.1.